The molecule has 0 spiro atoms. The number of rotatable bonds is 3. The number of hydrogen-bond acceptors (Lipinski definition) is 3. The summed E-state index contributed by atoms with van der Waals surface area (Å²) in [5.74, 6) is 0. The van der Waals surface area contributed by atoms with Crippen molar-refractivity contribution in [3.8, 4) is 0 Å². The van der Waals surface area contributed by atoms with Crippen LogP contribution in [0.3, 0.4) is 0 Å². The summed E-state index contributed by atoms with van der Waals surface area (Å²) < 4.78 is 94.3. The van der Waals surface area contributed by atoms with Gasteiger partial charge in [0.05, 0.1) is 18.5 Å². The molecule has 5 heteroatoms. The monoisotopic (exact) mass is 408 g/mol. The second-order valence-electron chi connectivity index (χ2n) is 6.02. The van der Waals surface area contributed by atoms with E-state index in [9.17, 15) is 4.79 Å². The lowest BCUT2D eigenvalue weighted by atomic mass is 10.0. The quantitative estimate of drug-likeness (QED) is 0.616. The fourth-order valence-corrected chi connectivity index (χ4v) is 2.93. The van der Waals surface area contributed by atoms with Crippen LogP contribution in [0.15, 0.2) is 53.3 Å². The number of aromatic nitrogens is 2. The molecule has 0 saturated carbocycles. The molecular formula is C23H28ClN3O. The molecule has 0 radical (unpaired) electrons. The lowest BCUT2D eigenvalue weighted by Crippen LogP contribution is -2.29. The highest BCUT2D eigenvalue weighted by Gasteiger charge is 2.21. The van der Waals surface area contributed by atoms with Gasteiger partial charge in [0.2, 0.25) is 0 Å². The summed E-state index contributed by atoms with van der Waals surface area (Å²) in [6.45, 7) is -6.92. The minimum atomic E-state index is -3.83. The predicted octanol–water partition coefficient (Wildman–Crippen LogP) is 4.93. The van der Waals surface area contributed by atoms with Crippen molar-refractivity contribution < 1.29 is 15.1 Å². The fraction of sp³-hybridized carbons (Fsp3) is 0.391. The maximum absolute atomic E-state index is 13.7. The van der Waals surface area contributed by atoms with Gasteiger partial charge < -0.3 is 4.90 Å². The van der Waals surface area contributed by atoms with Crippen LogP contribution in [0.5, 0.6) is 0 Å². The standard InChI is InChI=1S/C22H24ClN3O.CH4/c1-25-13-4-5-18(12-14-25)26-22(27)20-7-3-2-6-19(20)21(24-26)15-16-8-10-17(23)11-9-16;/h2-3,6-11,18H,4-5,12-15H2,1H3;1H4/i4D2,5D2,12D2,13D2,14D2,18D;. The molecule has 1 saturated heterocycles. The zero-order chi connectivity index (χ0) is 28.7. The van der Waals surface area contributed by atoms with E-state index in [0.29, 0.717) is 16.0 Å². The van der Waals surface area contributed by atoms with E-state index in [-0.39, 0.29) is 34.5 Å². The molecule has 1 aromatic heterocycles. The van der Waals surface area contributed by atoms with Gasteiger partial charge in [-0.05, 0) is 62.9 Å². The SMILES string of the molecule is C.[2H]C1([2H])N(C)C([2H])([2H])C([2H])([2H])C([2H])(n2nc(Cc3ccc(Cl)cc3)c3ccccc3c2=O)C([2H])([2H])C1([2H])[2H]. The van der Waals surface area contributed by atoms with Gasteiger partial charge in [0, 0.05) is 30.5 Å². The molecule has 0 N–H and O–H groups in total. The Bertz CT molecular complexity index is 1460. The van der Waals surface area contributed by atoms with E-state index < -0.39 is 43.7 Å². The first-order chi connectivity index (χ1) is 17.3. The Morgan fingerprint density at radius 2 is 1.86 bits per heavy atom. The van der Waals surface area contributed by atoms with E-state index in [0.717, 1.165) is 7.05 Å². The maximum atomic E-state index is 13.7. The van der Waals surface area contributed by atoms with Crippen molar-refractivity contribution in [1.29, 1.82) is 0 Å². The van der Waals surface area contributed by atoms with Crippen LogP contribution in [0.2, 0.25) is 5.02 Å². The van der Waals surface area contributed by atoms with Gasteiger partial charge in [0.15, 0.2) is 0 Å². The van der Waals surface area contributed by atoms with Crippen molar-refractivity contribution in [3.05, 3.63) is 75.2 Å². The van der Waals surface area contributed by atoms with Crippen LogP contribution in [0, 0.1) is 0 Å². The zero-order valence-electron chi connectivity index (χ0n) is 25.5. The Labute approximate surface area is 187 Å². The number of hydrogen-bond donors (Lipinski definition) is 0. The predicted molar refractivity (Wildman–Crippen MR) is 117 cm³/mol. The van der Waals surface area contributed by atoms with Crippen molar-refractivity contribution in [3.63, 3.8) is 0 Å². The van der Waals surface area contributed by atoms with Crippen LogP contribution in [-0.2, 0) is 6.42 Å². The van der Waals surface area contributed by atoms with Gasteiger partial charge in [-0.2, -0.15) is 5.10 Å². The molecule has 1 unspecified atom stereocenters. The molecular weight excluding hydrogens is 370 g/mol. The molecule has 1 fully saturated rings. The molecule has 3 aromatic rings. The van der Waals surface area contributed by atoms with Gasteiger partial charge >= 0.3 is 0 Å². The van der Waals surface area contributed by atoms with E-state index in [4.69, 9.17) is 26.7 Å². The second kappa shape index (κ2) is 8.89. The van der Waals surface area contributed by atoms with E-state index in [2.05, 4.69) is 5.10 Å². The Balaban J connectivity index is 0.00000420. The summed E-state index contributed by atoms with van der Waals surface area (Å²) >= 11 is 5.97. The van der Waals surface area contributed by atoms with Crippen molar-refractivity contribution in [2.45, 2.75) is 39.0 Å². The second-order valence-corrected chi connectivity index (χ2v) is 6.46. The summed E-state index contributed by atoms with van der Waals surface area (Å²) in [5.41, 5.74) is -0.382. The van der Waals surface area contributed by atoms with Gasteiger partial charge in [-0.1, -0.05) is 49.4 Å². The van der Waals surface area contributed by atoms with E-state index in [1.165, 1.54) is 12.1 Å². The van der Waals surface area contributed by atoms with Gasteiger partial charge in [-0.25, -0.2) is 4.68 Å². The molecule has 1 aliphatic heterocycles. The molecule has 28 heavy (non-hydrogen) atoms. The fourth-order valence-electron chi connectivity index (χ4n) is 2.81. The molecule has 1 aliphatic rings. The van der Waals surface area contributed by atoms with Crippen LogP contribution in [-0.4, -0.2) is 34.7 Å². The van der Waals surface area contributed by atoms with Crippen LogP contribution >= 0.6 is 11.6 Å². The topological polar surface area (TPSA) is 38.1 Å². The Hall–Kier alpha value is -2.17. The van der Waals surface area contributed by atoms with Crippen LogP contribution in [0.4, 0.5) is 0 Å². The molecule has 0 aliphatic carbocycles. The minimum absolute atomic E-state index is 0. The number of likely N-dealkylation sites (tertiary alicyclic amines) is 1. The third-order valence-electron chi connectivity index (χ3n) is 4.12. The smallest absolute Gasteiger partial charge is 0.274 e. The average Bonchev–Trinajstić information content (AvgIpc) is 2.85. The summed E-state index contributed by atoms with van der Waals surface area (Å²) in [5, 5.41) is 4.88. The molecule has 2 heterocycles. The van der Waals surface area contributed by atoms with Crippen LogP contribution < -0.4 is 5.56 Å². The first-order valence-electron chi connectivity index (χ1n) is 13.8. The summed E-state index contributed by atoms with van der Waals surface area (Å²) in [6.07, 6.45) is -11.2. The number of fused-ring (bicyclic) bond motifs is 1. The highest BCUT2D eigenvalue weighted by Crippen LogP contribution is 2.23. The minimum Gasteiger partial charge on any atom is -0.306 e. The molecule has 148 valence electrons. The number of benzene rings is 2. The van der Waals surface area contributed by atoms with Crippen molar-refractivity contribution in [2.75, 3.05) is 20.0 Å². The molecule has 0 bridgehead atoms. The largest absolute Gasteiger partial charge is 0.306 e. The first kappa shape index (κ1) is 10.6. The molecule has 2 aromatic carbocycles. The highest BCUT2D eigenvalue weighted by atomic mass is 35.5. The van der Waals surface area contributed by atoms with Gasteiger partial charge in [-0.3, -0.25) is 4.79 Å². The molecule has 1 atom stereocenters. The Morgan fingerprint density at radius 1 is 1.14 bits per heavy atom. The van der Waals surface area contributed by atoms with Crippen molar-refractivity contribution in [1.82, 2.24) is 14.7 Å². The Kier molecular flexibility index (Phi) is 3.35. The Morgan fingerprint density at radius 3 is 2.61 bits per heavy atom. The summed E-state index contributed by atoms with van der Waals surface area (Å²) in [4.78, 5) is 13.8. The zero-order valence-corrected chi connectivity index (χ0v) is 15.2. The first-order valence-corrected chi connectivity index (χ1v) is 8.64. The van der Waals surface area contributed by atoms with Crippen LogP contribution in [0.1, 0.15) is 58.9 Å². The van der Waals surface area contributed by atoms with Gasteiger partial charge in [0.25, 0.3) is 5.56 Å². The van der Waals surface area contributed by atoms with E-state index >= 15 is 0 Å². The molecule has 4 nitrogen and oxygen atoms in total. The van der Waals surface area contributed by atoms with Crippen molar-refractivity contribution >= 4 is 22.4 Å². The third-order valence-corrected chi connectivity index (χ3v) is 4.38. The van der Waals surface area contributed by atoms with Crippen molar-refractivity contribution in [2.24, 2.45) is 0 Å². The summed E-state index contributed by atoms with van der Waals surface area (Å²) in [6, 6.07) is 8.92. The van der Waals surface area contributed by atoms with Gasteiger partial charge in [0.1, 0.15) is 0 Å². The van der Waals surface area contributed by atoms with E-state index in [1.807, 2.05) is 0 Å². The normalized spacial score (nSPS) is 35.3. The summed E-state index contributed by atoms with van der Waals surface area (Å²) in [7, 11) is 0.764. The maximum Gasteiger partial charge on any atom is 0.274 e. The molecule has 0 amide bonds. The number of nitrogens with zero attached hydrogens (tertiary/aromatic N) is 3. The number of halogens is 1. The molecule has 4 rings (SSSR count). The average molecular weight is 409 g/mol. The third kappa shape index (κ3) is 4.29. The van der Waals surface area contributed by atoms with E-state index in [1.54, 1.807) is 36.4 Å². The lowest BCUT2D eigenvalue weighted by molar-refractivity contribution is 0.334. The lowest BCUT2D eigenvalue weighted by Gasteiger charge is -2.19. The van der Waals surface area contributed by atoms with Gasteiger partial charge in [-0.15, -0.1) is 0 Å². The van der Waals surface area contributed by atoms with Crippen LogP contribution in [0.25, 0.3) is 10.8 Å². The highest BCUT2D eigenvalue weighted by molar-refractivity contribution is 6.30.